The van der Waals surface area contributed by atoms with E-state index in [0.717, 1.165) is 5.56 Å². The Hall–Kier alpha value is -2.32. The number of amides is 2. The molecule has 1 aliphatic rings. The zero-order valence-corrected chi connectivity index (χ0v) is 12.7. The Kier molecular flexibility index (Phi) is 5.56. The van der Waals surface area contributed by atoms with Crippen LogP contribution in [-0.4, -0.2) is 35.3 Å². The van der Waals surface area contributed by atoms with E-state index in [4.69, 9.17) is 5.73 Å². The van der Waals surface area contributed by atoms with Crippen LogP contribution in [0.4, 0.5) is 0 Å². The van der Waals surface area contributed by atoms with Gasteiger partial charge < -0.3 is 11.1 Å². The largest absolute Gasteiger partial charge is 0.368 e. The van der Waals surface area contributed by atoms with Crippen molar-refractivity contribution in [2.45, 2.75) is 38.4 Å². The lowest BCUT2D eigenvalue weighted by molar-refractivity contribution is -0.128. The Bertz CT molecular complexity index is 589. The first kappa shape index (κ1) is 16.1. The maximum absolute atomic E-state index is 12.3. The summed E-state index contributed by atoms with van der Waals surface area (Å²) in [5, 5.41) is 2.79. The maximum Gasteiger partial charge on any atom is 0.238 e. The van der Waals surface area contributed by atoms with Crippen LogP contribution in [0.15, 0.2) is 30.3 Å². The van der Waals surface area contributed by atoms with Gasteiger partial charge in [-0.25, -0.2) is 0 Å². The average Bonchev–Trinajstić information content (AvgIpc) is 2.92. The summed E-state index contributed by atoms with van der Waals surface area (Å²) in [6.45, 7) is 2.59. The maximum atomic E-state index is 12.3. The second-order valence-corrected chi connectivity index (χ2v) is 5.31. The molecule has 1 aromatic carbocycles. The zero-order chi connectivity index (χ0) is 15.9. The summed E-state index contributed by atoms with van der Waals surface area (Å²) < 4.78 is 0. The Balaban J connectivity index is 2.11. The van der Waals surface area contributed by atoms with Gasteiger partial charge in [-0.2, -0.15) is 0 Å². The quantitative estimate of drug-likeness (QED) is 0.784. The van der Waals surface area contributed by atoms with Gasteiger partial charge in [0, 0.05) is 6.54 Å². The van der Waals surface area contributed by atoms with Crippen LogP contribution in [0.25, 0.3) is 0 Å². The fourth-order valence-corrected chi connectivity index (χ4v) is 2.80. The van der Waals surface area contributed by atoms with Gasteiger partial charge in [-0.15, -0.1) is 5.92 Å². The smallest absolute Gasteiger partial charge is 0.238 e. The van der Waals surface area contributed by atoms with E-state index < -0.39 is 6.04 Å². The second-order valence-electron chi connectivity index (χ2n) is 5.31. The van der Waals surface area contributed by atoms with E-state index in [0.29, 0.717) is 25.9 Å². The van der Waals surface area contributed by atoms with Crippen LogP contribution in [0, 0.1) is 11.8 Å². The molecular formula is C17H21N3O2. The molecule has 5 nitrogen and oxygen atoms in total. The molecule has 22 heavy (non-hydrogen) atoms. The van der Waals surface area contributed by atoms with Crippen LogP contribution in [0.2, 0.25) is 0 Å². The third kappa shape index (κ3) is 3.86. The molecule has 0 radical (unpaired) electrons. The van der Waals surface area contributed by atoms with E-state index in [9.17, 15) is 9.59 Å². The fourth-order valence-electron chi connectivity index (χ4n) is 2.80. The highest BCUT2D eigenvalue weighted by Gasteiger charge is 2.40. The molecule has 2 amide bonds. The number of nitrogens with zero attached hydrogens (tertiary/aromatic N) is 1. The molecule has 1 aromatic rings. The van der Waals surface area contributed by atoms with E-state index in [-0.39, 0.29) is 17.9 Å². The van der Waals surface area contributed by atoms with Crippen LogP contribution in [0.3, 0.4) is 0 Å². The van der Waals surface area contributed by atoms with Gasteiger partial charge in [-0.05, 0) is 25.3 Å². The number of nitrogens with two attached hydrogens (primary N) is 1. The Labute approximate surface area is 130 Å². The minimum absolute atomic E-state index is 0.0950. The van der Waals surface area contributed by atoms with Crippen molar-refractivity contribution in [1.82, 2.24) is 10.2 Å². The monoisotopic (exact) mass is 299 g/mol. The van der Waals surface area contributed by atoms with Gasteiger partial charge in [0.2, 0.25) is 11.8 Å². The van der Waals surface area contributed by atoms with Gasteiger partial charge in [0.15, 0.2) is 0 Å². The molecule has 0 bridgehead atoms. The Morgan fingerprint density at radius 3 is 2.59 bits per heavy atom. The Morgan fingerprint density at radius 2 is 1.95 bits per heavy atom. The molecular weight excluding hydrogens is 278 g/mol. The molecule has 3 N–H and O–H groups in total. The number of hydrogen-bond acceptors (Lipinski definition) is 3. The summed E-state index contributed by atoms with van der Waals surface area (Å²) in [6, 6.07) is 9.05. The van der Waals surface area contributed by atoms with Crippen LogP contribution in [0.1, 0.15) is 25.3 Å². The average molecular weight is 299 g/mol. The van der Waals surface area contributed by atoms with Crippen molar-refractivity contribution in [2.24, 2.45) is 5.73 Å². The fraction of sp³-hybridized carbons (Fsp3) is 0.412. The SMILES string of the molecule is CC#CCNC(=O)[C@H]1CC[C@@H](C(N)=O)N1Cc1ccccc1. The van der Waals surface area contributed by atoms with Crippen molar-refractivity contribution in [3.8, 4) is 11.8 Å². The highest BCUT2D eigenvalue weighted by molar-refractivity contribution is 5.86. The number of rotatable bonds is 5. The van der Waals surface area contributed by atoms with Crippen LogP contribution >= 0.6 is 0 Å². The molecule has 1 fully saturated rings. The molecule has 0 aliphatic carbocycles. The lowest BCUT2D eigenvalue weighted by Crippen LogP contribution is -2.49. The van der Waals surface area contributed by atoms with E-state index in [1.807, 2.05) is 35.2 Å². The van der Waals surface area contributed by atoms with Gasteiger partial charge in [0.1, 0.15) is 0 Å². The minimum atomic E-state index is -0.395. The molecule has 1 aliphatic heterocycles. The summed E-state index contributed by atoms with van der Waals surface area (Å²) in [5.41, 5.74) is 6.55. The lowest BCUT2D eigenvalue weighted by Gasteiger charge is -2.27. The molecule has 0 aromatic heterocycles. The Morgan fingerprint density at radius 1 is 1.27 bits per heavy atom. The molecule has 0 spiro atoms. The molecule has 2 rings (SSSR count). The van der Waals surface area contributed by atoms with Crippen LogP contribution in [0.5, 0.6) is 0 Å². The predicted molar refractivity (Wildman–Crippen MR) is 84.4 cm³/mol. The van der Waals surface area contributed by atoms with Gasteiger partial charge >= 0.3 is 0 Å². The minimum Gasteiger partial charge on any atom is -0.368 e. The number of carbonyl (C=O) groups excluding carboxylic acids is 2. The molecule has 2 atom stereocenters. The topological polar surface area (TPSA) is 75.4 Å². The highest BCUT2D eigenvalue weighted by atomic mass is 16.2. The summed E-state index contributed by atoms with van der Waals surface area (Å²) in [4.78, 5) is 25.9. The molecule has 1 heterocycles. The standard InChI is InChI=1S/C17H21N3O2/c1-2-3-11-19-17(22)15-10-9-14(16(18)21)20(15)12-13-7-5-4-6-8-13/h4-8,14-15H,9-12H2,1H3,(H2,18,21)(H,19,22)/t14-,15+/m0/s1. The zero-order valence-electron chi connectivity index (χ0n) is 12.7. The number of likely N-dealkylation sites (tertiary alicyclic amines) is 1. The molecule has 5 heteroatoms. The number of benzene rings is 1. The molecule has 0 unspecified atom stereocenters. The van der Waals surface area contributed by atoms with Crippen molar-refractivity contribution in [1.29, 1.82) is 0 Å². The van der Waals surface area contributed by atoms with Crippen LogP contribution in [-0.2, 0) is 16.1 Å². The number of primary amides is 1. The van der Waals surface area contributed by atoms with E-state index in [1.54, 1.807) is 6.92 Å². The number of hydrogen-bond donors (Lipinski definition) is 2. The van der Waals surface area contributed by atoms with Gasteiger partial charge in [-0.1, -0.05) is 36.3 Å². The number of nitrogens with one attached hydrogen (secondary N) is 1. The normalized spacial score (nSPS) is 21.0. The van der Waals surface area contributed by atoms with Crippen molar-refractivity contribution in [2.75, 3.05) is 6.54 Å². The third-order valence-corrected chi connectivity index (χ3v) is 3.88. The van der Waals surface area contributed by atoms with E-state index in [2.05, 4.69) is 17.2 Å². The van der Waals surface area contributed by atoms with Crippen molar-refractivity contribution in [3.63, 3.8) is 0 Å². The van der Waals surface area contributed by atoms with Crippen molar-refractivity contribution >= 4 is 11.8 Å². The van der Waals surface area contributed by atoms with E-state index >= 15 is 0 Å². The van der Waals surface area contributed by atoms with Gasteiger partial charge in [0.25, 0.3) is 0 Å². The molecule has 0 saturated carbocycles. The lowest BCUT2D eigenvalue weighted by atomic mass is 10.1. The molecule has 116 valence electrons. The summed E-state index contributed by atoms with van der Waals surface area (Å²) in [7, 11) is 0. The highest BCUT2D eigenvalue weighted by Crippen LogP contribution is 2.26. The van der Waals surface area contributed by atoms with Crippen molar-refractivity contribution < 1.29 is 9.59 Å². The van der Waals surface area contributed by atoms with Crippen molar-refractivity contribution in [3.05, 3.63) is 35.9 Å². The third-order valence-electron chi connectivity index (χ3n) is 3.88. The predicted octanol–water partition coefficient (Wildman–Crippen LogP) is 0.644. The summed E-state index contributed by atoms with van der Waals surface area (Å²) in [5.74, 6) is 5.08. The number of carbonyl (C=O) groups is 2. The summed E-state index contributed by atoms with van der Waals surface area (Å²) >= 11 is 0. The second kappa shape index (κ2) is 7.62. The summed E-state index contributed by atoms with van der Waals surface area (Å²) in [6.07, 6.45) is 1.24. The van der Waals surface area contributed by atoms with Gasteiger partial charge in [0.05, 0.1) is 18.6 Å². The first-order valence-corrected chi connectivity index (χ1v) is 7.39. The van der Waals surface area contributed by atoms with E-state index in [1.165, 1.54) is 0 Å². The van der Waals surface area contributed by atoms with Crippen LogP contribution < -0.4 is 11.1 Å². The first-order valence-electron chi connectivity index (χ1n) is 7.39. The molecule has 1 saturated heterocycles. The first-order chi connectivity index (χ1) is 10.6. The van der Waals surface area contributed by atoms with Gasteiger partial charge in [-0.3, -0.25) is 14.5 Å².